The summed E-state index contributed by atoms with van der Waals surface area (Å²) in [5.41, 5.74) is 3.95. The Balaban J connectivity index is 1.46. The topological polar surface area (TPSA) is 145 Å². The fourth-order valence-corrected chi connectivity index (χ4v) is 9.79. The summed E-state index contributed by atoms with van der Waals surface area (Å²) in [7, 11) is 8.71. The lowest BCUT2D eigenvalue weighted by molar-refractivity contribution is -0.148. The summed E-state index contributed by atoms with van der Waals surface area (Å²) in [5.74, 6) is -1.67. The fraction of sp³-hybridized carbons (Fsp3) is 0.580. The predicted octanol–water partition coefficient (Wildman–Crippen LogP) is 6.77. The van der Waals surface area contributed by atoms with Gasteiger partial charge in [-0.25, -0.2) is 4.98 Å². The number of aromatic nitrogens is 1. The molecule has 0 aliphatic carbocycles. The van der Waals surface area contributed by atoms with Crippen LogP contribution in [0.3, 0.4) is 0 Å². The fourth-order valence-electron chi connectivity index (χ4n) is 9.10. The van der Waals surface area contributed by atoms with Crippen molar-refractivity contribution in [3.8, 4) is 0 Å². The zero-order valence-corrected chi connectivity index (χ0v) is 41.0. The number of methoxy groups -OCH3 is 2. The molecule has 1 aliphatic rings. The molecule has 3 aromatic rings. The lowest BCUT2D eigenvalue weighted by Crippen LogP contribution is -2.59. The molecule has 1 fully saturated rings. The van der Waals surface area contributed by atoms with Crippen LogP contribution in [0, 0.1) is 17.8 Å². The highest BCUT2D eigenvalue weighted by atomic mass is 32.1. The molecule has 1 aliphatic heterocycles. The Labute approximate surface area is 386 Å². The number of nitrogens with one attached hydrogen (secondary N) is 3. The number of rotatable bonds is 25. The van der Waals surface area contributed by atoms with Crippen molar-refractivity contribution in [1.29, 1.82) is 0 Å². The van der Waals surface area contributed by atoms with Crippen LogP contribution in [-0.4, -0.2) is 128 Å². The number of benzene rings is 2. The van der Waals surface area contributed by atoms with Gasteiger partial charge in [0.1, 0.15) is 17.1 Å². The Morgan fingerprint density at radius 1 is 0.953 bits per heavy atom. The summed E-state index contributed by atoms with van der Waals surface area (Å²) in [6.45, 7) is 16.9. The number of thiazole rings is 1. The van der Waals surface area contributed by atoms with Gasteiger partial charge in [0.25, 0.3) is 0 Å². The molecule has 4 rings (SSSR count). The smallest absolute Gasteiger partial charge is 0.245 e. The molecule has 14 heteroatoms. The number of anilines is 1. The van der Waals surface area contributed by atoms with Crippen LogP contribution in [0.15, 0.2) is 78.3 Å². The maximum atomic E-state index is 14.6. The summed E-state index contributed by atoms with van der Waals surface area (Å²) >= 11 is 1.50. The first-order chi connectivity index (χ1) is 30.6. The lowest BCUT2D eigenvalue weighted by atomic mass is 9.89. The quantitative estimate of drug-likeness (QED) is 0.0786. The van der Waals surface area contributed by atoms with E-state index in [4.69, 9.17) is 9.47 Å². The van der Waals surface area contributed by atoms with Crippen molar-refractivity contribution in [2.24, 2.45) is 17.8 Å². The summed E-state index contributed by atoms with van der Waals surface area (Å²) in [5, 5.41) is 12.2. The highest BCUT2D eigenvalue weighted by Gasteiger charge is 2.43. The maximum absolute atomic E-state index is 14.6. The van der Waals surface area contributed by atoms with E-state index in [1.54, 1.807) is 32.4 Å². The van der Waals surface area contributed by atoms with Crippen molar-refractivity contribution >= 4 is 40.7 Å². The number of hydrogen-bond acceptors (Lipinski definition) is 10. The van der Waals surface area contributed by atoms with Crippen LogP contribution in [0.1, 0.15) is 89.4 Å². The second-order valence-electron chi connectivity index (χ2n) is 17.9. The van der Waals surface area contributed by atoms with Gasteiger partial charge in [0.2, 0.25) is 23.6 Å². The molecular formula is C50H75N7O6S. The molecule has 64 heavy (non-hydrogen) atoms. The Morgan fingerprint density at radius 3 is 2.20 bits per heavy atom. The van der Waals surface area contributed by atoms with Crippen LogP contribution in [0.4, 0.5) is 5.69 Å². The largest absolute Gasteiger partial charge is 0.388 e. The molecule has 4 amide bonds. The van der Waals surface area contributed by atoms with Gasteiger partial charge >= 0.3 is 0 Å². The third kappa shape index (κ3) is 13.7. The molecule has 0 spiro atoms. The van der Waals surface area contributed by atoms with E-state index in [0.29, 0.717) is 31.5 Å². The first kappa shape index (κ1) is 52.0. The lowest BCUT2D eigenvalue weighted by Gasteiger charge is -2.41. The predicted molar refractivity (Wildman–Crippen MR) is 257 cm³/mol. The molecule has 2 aromatic carbocycles. The third-order valence-corrected chi connectivity index (χ3v) is 13.9. The number of carbonyl (C=O) groups excluding carboxylic acids is 4. The molecule has 13 nitrogen and oxygen atoms in total. The van der Waals surface area contributed by atoms with Gasteiger partial charge in [0.15, 0.2) is 0 Å². The molecule has 0 radical (unpaired) electrons. The minimum atomic E-state index is -0.831. The summed E-state index contributed by atoms with van der Waals surface area (Å²) in [6.07, 6.45) is 4.09. The number of likely N-dealkylation sites (tertiary alicyclic amines) is 1. The van der Waals surface area contributed by atoms with Crippen molar-refractivity contribution in [2.45, 2.75) is 122 Å². The average molecular weight is 902 g/mol. The number of ether oxygens (including phenoxy) is 2. The van der Waals surface area contributed by atoms with Gasteiger partial charge < -0.3 is 35.2 Å². The van der Waals surface area contributed by atoms with E-state index in [2.05, 4.69) is 53.5 Å². The van der Waals surface area contributed by atoms with Crippen LogP contribution in [0.5, 0.6) is 0 Å². The van der Waals surface area contributed by atoms with Crippen LogP contribution in [0.2, 0.25) is 0 Å². The van der Waals surface area contributed by atoms with Gasteiger partial charge in [-0.05, 0) is 74.8 Å². The Hall–Kier alpha value is -4.63. The zero-order chi connectivity index (χ0) is 47.1. The number of likely N-dealkylation sites (N-methyl/N-ethyl adjacent to an activating group) is 2. The normalized spacial score (nSPS) is 17.8. The minimum absolute atomic E-state index is 0.0265. The molecule has 3 N–H and O–H groups in total. The highest BCUT2D eigenvalue weighted by molar-refractivity contribution is 7.09. The highest BCUT2D eigenvalue weighted by Crippen LogP contribution is 2.31. The summed E-state index contributed by atoms with van der Waals surface area (Å²) in [4.78, 5) is 67.1. The summed E-state index contributed by atoms with van der Waals surface area (Å²) < 4.78 is 12.2. The molecule has 0 bridgehead atoms. The molecular weight excluding hydrogens is 827 g/mol. The standard InChI is InChI=1S/C50H75N7O6S/c1-13-34(6)45(56(10)50(61)43(32(2)3)54-48(60)44(33(4)5)55(9)28-25-36-21-23-38(51-8)24-22-36)41(62-11)31-42(58)57-27-17-20-40(57)46(63-12)35(7)47(59)53-39(49-52-26-29-64-49)30-37-18-15-14-16-19-37/h14-16,18-19,21-24,26,29,32,34-35,39-41,43-46,51H,4,13,17,20,25,27-28,30-31H2,1-3,5-12H3,(H,53,59)(H,54,60)/t34-,35+,39-,40-,41+,43-,44-,45-,46+/m0/s1. The molecule has 352 valence electrons. The summed E-state index contributed by atoms with van der Waals surface area (Å²) in [6, 6.07) is 15.6. The molecule has 0 unspecified atom stereocenters. The van der Waals surface area contributed by atoms with E-state index in [1.165, 1.54) is 11.3 Å². The van der Waals surface area contributed by atoms with E-state index < -0.39 is 36.3 Å². The number of nitrogens with zero attached hydrogens (tertiary/aromatic N) is 4. The van der Waals surface area contributed by atoms with E-state index in [1.807, 2.05) is 99.4 Å². The van der Waals surface area contributed by atoms with Gasteiger partial charge in [-0.2, -0.15) is 0 Å². The first-order valence-electron chi connectivity index (χ1n) is 22.8. The van der Waals surface area contributed by atoms with Crippen LogP contribution in [-0.2, 0) is 41.5 Å². The Morgan fingerprint density at radius 2 is 1.64 bits per heavy atom. The van der Waals surface area contributed by atoms with Crippen LogP contribution < -0.4 is 16.0 Å². The van der Waals surface area contributed by atoms with Crippen molar-refractivity contribution in [2.75, 3.05) is 53.8 Å². The minimum Gasteiger partial charge on any atom is -0.388 e. The SMILES string of the molecule is C=C(C)[C@@H](C(=O)N[C@H](C(=O)N(C)[C@@H]([C@@H](C)CC)[C@@H](CC(=O)N1CCC[C@H]1[C@H](OC)[C@@H](C)C(=O)N[C@@H](Cc1ccccc1)c1nccs1)OC)C(C)C)N(C)CCc1ccc(NC)cc1. The molecule has 9 atom stereocenters. The number of carbonyl (C=O) groups is 4. The van der Waals surface area contributed by atoms with Gasteiger partial charge in [-0.1, -0.05) is 95.7 Å². The average Bonchev–Trinajstić information content (AvgIpc) is 4.01. The van der Waals surface area contributed by atoms with Crippen molar-refractivity contribution in [3.05, 3.63) is 94.5 Å². The van der Waals surface area contributed by atoms with Crippen LogP contribution in [0.25, 0.3) is 0 Å². The van der Waals surface area contributed by atoms with E-state index in [0.717, 1.165) is 41.1 Å². The van der Waals surface area contributed by atoms with E-state index in [9.17, 15) is 19.2 Å². The molecule has 2 heterocycles. The van der Waals surface area contributed by atoms with Gasteiger partial charge in [-0.15, -0.1) is 11.3 Å². The second kappa shape index (κ2) is 25.2. The Kier molecular flexibility index (Phi) is 20.4. The van der Waals surface area contributed by atoms with Gasteiger partial charge in [0.05, 0.1) is 42.7 Å². The molecule has 0 saturated carbocycles. The van der Waals surface area contributed by atoms with Crippen LogP contribution >= 0.6 is 11.3 Å². The third-order valence-electron chi connectivity index (χ3n) is 13.0. The second-order valence-corrected chi connectivity index (χ2v) is 18.8. The number of hydrogen-bond donors (Lipinski definition) is 3. The van der Waals surface area contributed by atoms with Crippen molar-refractivity contribution in [3.63, 3.8) is 0 Å². The number of amides is 4. The van der Waals surface area contributed by atoms with E-state index >= 15 is 0 Å². The van der Waals surface area contributed by atoms with Gasteiger partial charge in [-0.3, -0.25) is 24.1 Å². The Bertz CT molecular complexity index is 1930. The monoisotopic (exact) mass is 902 g/mol. The van der Waals surface area contributed by atoms with Crippen molar-refractivity contribution in [1.82, 2.24) is 30.3 Å². The molecule has 1 aromatic heterocycles. The van der Waals surface area contributed by atoms with E-state index in [-0.39, 0.29) is 54.0 Å². The molecule has 1 saturated heterocycles. The zero-order valence-electron chi connectivity index (χ0n) is 40.1. The van der Waals surface area contributed by atoms with Gasteiger partial charge in [0, 0.05) is 58.7 Å². The van der Waals surface area contributed by atoms with Crippen molar-refractivity contribution < 1.29 is 28.7 Å². The first-order valence-corrected chi connectivity index (χ1v) is 23.7. The maximum Gasteiger partial charge on any atom is 0.245 e.